The fourth-order valence-electron chi connectivity index (χ4n) is 6.67. The number of carbonyl (C=O) groups is 1. The molecule has 5 aromatic rings. The van der Waals surface area contributed by atoms with Gasteiger partial charge in [-0.15, -0.1) is 0 Å². The predicted octanol–water partition coefficient (Wildman–Crippen LogP) is 9.10. The molecule has 2 unspecified atom stereocenters. The Hall–Kier alpha value is -4.85. The Balaban J connectivity index is 1.42. The first-order valence-electron chi connectivity index (χ1n) is 16.0. The van der Waals surface area contributed by atoms with Gasteiger partial charge in [0.15, 0.2) is 5.78 Å². The van der Waals surface area contributed by atoms with Crippen LogP contribution in [0.4, 0.5) is 5.69 Å². The maximum absolute atomic E-state index is 14.9. The molecule has 48 heavy (non-hydrogen) atoms. The van der Waals surface area contributed by atoms with Gasteiger partial charge in [0.2, 0.25) is 5.88 Å². The molecule has 7 nitrogen and oxygen atoms in total. The van der Waals surface area contributed by atoms with E-state index in [1.54, 1.807) is 36.4 Å². The molecule has 0 fully saturated rings. The van der Waals surface area contributed by atoms with Crippen LogP contribution in [0.2, 0.25) is 10.0 Å². The summed E-state index contributed by atoms with van der Waals surface area (Å²) in [6.45, 7) is 5.84. The SMILES string of the molecule is CCN(CC)c1cccc(Oc2nc3c(c(=O)n2-c2ccc(Cl)cc2)C(c2ccc(Cl)cc2)C2=C(CC(c4ccccc4)CC2=O)O3)c1. The second-order valence-corrected chi connectivity index (χ2v) is 12.7. The van der Waals surface area contributed by atoms with Gasteiger partial charge < -0.3 is 14.4 Å². The quantitative estimate of drug-likeness (QED) is 0.163. The molecular formula is C39H33Cl2N3O4. The standard InChI is InChI=1S/C39H33Cl2N3O4/c1-3-43(4-2)30-11-8-12-31(23-30)47-39-42-37-36(38(46)44(39)29-19-17-28(41)18-20-29)34(25-13-15-27(40)16-14-25)35-32(45)21-26(22-33(35)48-37)24-9-6-5-7-10-24/h5-20,23,26,34H,3-4,21-22H2,1-2H3. The molecule has 1 aliphatic heterocycles. The minimum atomic E-state index is -0.719. The van der Waals surface area contributed by atoms with E-state index in [0.717, 1.165) is 29.9 Å². The van der Waals surface area contributed by atoms with E-state index in [9.17, 15) is 9.59 Å². The highest BCUT2D eigenvalue weighted by Crippen LogP contribution is 2.48. The Morgan fingerprint density at radius 2 is 1.52 bits per heavy atom. The Morgan fingerprint density at radius 1 is 0.833 bits per heavy atom. The monoisotopic (exact) mass is 677 g/mol. The van der Waals surface area contributed by atoms with Gasteiger partial charge in [-0.05, 0) is 79.4 Å². The molecule has 0 amide bonds. The average Bonchev–Trinajstić information content (AvgIpc) is 3.09. The highest BCUT2D eigenvalue weighted by Gasteiger charge is 2.43. The summed E-state index contributed by atoms with van der Waals surface area (Å²) < 4.78 is 14.3. The largest absolute Gasteiger partial charge is 0.442 e. The Labute approximate surface area is 289 Å². The third-order valence-corrected chi connectivity index (χ3v) is 9.53. The summed E-state index contributed by atoms with van der Waals surface area (Å²) in [5.74, 6) is 0.276. The first kappa shape index (κ1) is 31.7. The first-order chi connectivity index (χ1) is 23.3. The number of fused-ring (bicyclic) bond motifs is 1. The van der Waals surface area contributed by atoms with Crippen molar-refractivity contribution in [2.45, 2.75) is 38.5 Å². The molecule has 4 aromatic carbocycles. The Morgan fingerprint density at radius 3 is 2.21 bits per heavy atom. The fraction of sp³-hybridized carbons (Fsp3) is 0.205. The van der Waals surface area contributed by atoms with Gasteiger partial charge in [0.05, 0.1) is 17.2 Å². The van der Waals surface area contributed by atoms with Crippen LogP contribution in [0.3, 0.4) is 0 Å². The molecule has 0 saturated carbocycles. The number of allylic oxidation sites excluding steroid dienone is 2. The summed E-state index contributed by atoms with van der Waals surface area (Å²) in [6.07, 6.45) is 0.785. The zero-order valence-corrected chi connectivity index (χ0v) is 28.0. The zero-order valence-electron chi connectivity index (χ0n) is 26.5. The van der Waals surface area contributed by atoms with Crippen molar-refractivity contribution in [3.8, 4) is 23.3 Å². The number of aromatic nitrogens is 2. The molecule has 2 aliphatic rings. The zero-order chi connectivity index (χ0) is 33.4. The summed E-state index contributed by atoms with van der Waals surface area (Å²) in [5, 5.41) is 1.07. The molecule has 2 heterocycles. The number of rotatable bonds is 8. The van der Waals surface area contributed by atoms with E-state index < -0.39 is 11.5 Å². The molecule has 2 atom stereocenters. The van der Waals surface area contributed by atoms with Crippen LogP contribution >= 0.6 is 23.2 Å². The molecule has 1 aromatic heterocycles. The molecule has 9 heteroatoms. The number of anilines is 1. The number of hydrogen-bond acceptors (Lipinski definition) is 6. The van der Waals surface area contributed by atoms with E-state index in [2.05, 4.69) is 18.7 Å². The average molecular weight is 679 g/mol. The maximum atomic E-state index is 14.9. The van der Waals surface area contributed by atoms with Crippen LogP contribution in [0.15, 0.2) is 119 Å². The summed E-state index contributed by atoms with van der Waals surface area (Å²) in [4.78, 5) is 36.0. The number of ketones is 1. The molecule has 0 spiro atoms. The minimum Gasteiger partial charge on any atom is -0.442 e. The number of halogens is 2. The normalized spacial score (nSPS) is 17.0. The van der Waals surface area contributed by atoms with Gasteiger partial charge in [0.1, 0.15) is 11.5 Å². The van der Waals surface area contributed by atoms with Crippen molar-refractivity contribution in [3.05, 3.63) is 152 Å². The number of Topliss-reactive ketones (excluding diaryl/α,β-unsaturated/α-hetero) is 1. The topological polar surface area (TPSA) is 73.7 Å². The van der Waals surface area contributed by atoms with Crippen molar-refractivity contribution in [1.29, 1.82) is 0 Å². The lowest BCUT2D eigenvalue weighted by atomic mass is 9.74. The van der Waals surface area contributed by atoms with Gasteiger partial charge in [-0.2, -0.15) is 4.98 Å². The number of ether oxygens (including phenoxy) is 2. The van der Waals surface area contributed by atoms with Gasteiger partial charge in [-0.1, -0.05) is 71.7 Å². The Kier molecular flexibility index (Phi) is 8.82. The molecule has 0 saturated heterocycles. The van der Waals surface area contributed by atoms with Crippen LogP contribution < -0.4 is 19.9 Å². The van der Waals surface area contributed by atoms with E-state index in [1.165, 1.54) is 4.57 Å². The van der Waals surface area contributed by atoms with Gasteiger partial charge in [0, 0.05) is 53.3 Å². The van der Waals surface area contributed by atoms with E-state index in [-0.39, 0.29) is 29.2 Å². The Bertz CT molecular complexity index is 2070. The highest BCUT2D eigenvalue weighted by atomic mass is 35.5. The highest BCUT2D eigenvalue weighted by molar-refractivity contribution is 6.30. The molecule has 0 radical (unpaired) electrons. The lowest BCUT2D eigenvalue weighted by Gasteiger charge is -2.35. The van der Waals surface area contributed by atoms with E-state index in [4.69, 9.17) is 37.7 Å². The van der Waals surface area contributed by atoms with Gasteiger partial charge in [-0.25, -0.2) is 4.57 Å². The van der Waals surface area contributed by atoms with Crippen molar-refractivity contribution < 1.29 is 14.3 Å². The van der Waals surface area contributed by atoms with Crippen molar-refractivity contribution in [2.75, 3.05) is 18.0 Å². The molecule has 0 bridgehead atoms. The molecule has 1 aliphatic carbocycles. The van der Waals surface area contributed by atoms with Crippen LogP contribution in [0, 0.1) is 0 Å². The molecule has 0 N–H and O–H groups in total. The van der Waals surface area contributed by atoms with Gasteiger partial charge in [0.25, 0.3) is 5.56 Å². The van der Waals surface area contributed by atoms with Crippen molar-refractivity contribution in [2.24, 2.45) is 0 Å². The lowest BCUT2D eigenvalue weighted by molar-refractivity contribution is -0.117. The number of benzene rings is 4. The first-order valence-corrected chi connectivity index (χ1v) is 16.8. The second kappa shape index (κ2) is 13.3. The number of hydrogen-bond donors (Lipinski definition) is 0. The molecule has 242 valence electrons. The van der Waals surface area contributed by atoms with E-state index in [1.807, 2.05) is 66.7 Å². The van der Waals surface area contributed by atoms with E-state index in [0.29, 0.717) is 45.7 Å². The van der Waals surface area contributed by atoms with Crippen LogP contribution in [-0.4, -0.2) is 28.4 Å². The van der Waals surface area contributed by atoms with Crippen LogP contribution in [-0.2, 0) is 4.79 Å². The third kappa shape index (κ3) is 6.00. The predicted molar refractivity (Wildman–Crippen MR) is 189 cm³/mol. The van der Waals surface area contributed by atoms with Crippen LogP contribution in [0.5, 0.6) is 17.6 Å². The smallest absolute Gasteiger partial charge is 0.312 e. The van der Waals surface area contributed by atoms with Crippen molar-refractivity contribution >= 4 is 34.7 Å². The molecular weight excluding hydrogens is 645 g/mol. The summed E-state index contributed by atoms with van der Waals surface area (Å²) >= 11 is 12.5. The van der Waals surface area contributed by atoms with Crippen LogP contribution in [0.1, 0.15) is 55.2 Å². The third-order valence-electron chi connectivity index (χ3n) is 9.03. The van der Waals surface area contributed by atoms with Crippen molar-refractivity contribution in [1.82, 2.24) is 9.55 Å². The number of carbonyl (C=O) groups excluding carboxylic acids is 1. The van der Waals surface area contributed by atoms with Crippen LogP contribution in [0.25, 0.3) is 5.69 Å². The van der Waals surface area contributed by atoms with E-state index >= 15 is 0 Å². The van der Waals surface area contributed by atoms with Gasteiger partial charge >= 0.3 is 6.01 Å². The minimum absolute atomic E-state index is 0.0263. The summed E-state index contributed by atoms with van der Waals surface area (Å²) in [5.41, 5.74) is 3.59. The second-order valence-electron chi connectivity index (χ2n) is 11.9. The summed E-state index contributed by atoms with van der Waals surface area (Å²) in [6, 6.07) is 31.7. The number of nitrogens with zero attached hydrogens (tertiary/aromatic N) is 3. The maximum Gasteiger partial charge on any atom is 0.312 e. The lowest BCUT2D eigenvalue weighted by Crippen LogP contribution is -2.35. The fourth-order valence-corrected chi connectivity index (χ4v) is 6.92. The van der Waals surface area contributed by atoms with Crippen molar-refractivity contribution in [3.63, 3.8) is 0 Å². The summed E-state index contributed by atoms with van der Waals surface area (Å²) in [7, 11) is 0. The van der Waals surface area contributed by atoms with Gasteiger partial charge in [-0.3, -0.25) is 9.59 Å². The molecule has 7 rings (SSSR count).